The number of hydrogen-bond acceptors (Lipinski definition) is 2. The topological polar surface area (TPSA) is 41.1 Å². The summed E-state index contributed by atoms with van der Waals surface area (Å²) in [4.78, 5) is 11.7. The van der Waals surface area contributed by atoms with Crippen LogP contribution in [0, 0.1) is 5.92 Å². The molecule has 0 aromatic carbocycles. The van der Waals surface area contributed by atoms with Crippen molar-refractivity contribution in [1.82, 2.24) is 10.6 Å². The molecule has 0 saturated heterocycles. The SMILES string of the molecule is CCCC(C)NC(=O)CNC1CCCCC1C. The van der Waals surface area contributed by atoms with Gasteiger partial charge in [0.15, 0.2) is 0 Å². The zero-order chi connectivity index (χ0) is 12.7. The summed E-state index contributed by atoms with van der Waals surface area (Å²) in [6.07, 6.45) is 7.35. The van der Waals surface area contributed by atoms with Crippen molar-refractivity contribution < 1.29 is 4.79 Å². The molecule has 3 nitrogen and oxygen atoms in total. The molecule has 0 aromatic heterocycles. The average Bonchev–Trinajstić information content (AvgIpc) is 2.28. The predicted molar refractivity (Wildman–Crippen MR) is 71.9 cm³/mol. The Morgan fingerprint density at radius 2 is 2.06 bits per heavy atom. The van der Waals surface area contributed by atoms with Crippen LogP contribution in [0.3, 0.4) is 0 Å². The maximum atomic E-state index is 11.7. The fraction of sp³-hybridized carbons (Fsp3) is 0.929. The van der Waals surface area contributed by atoms with Gasteiger partial charge >= 0.3 is 0 Å². The van der Waals surface area contributed by atoms with E-state index >= 15 is 0 Å². The number of amides is 1. The standard InChI is InChI=1S/C14H28N2O/c1-4-7-12(3)16-14(17)10-15-13-9-6-5-8-11(13)2/h11-13,15H,4-10H2,1-3H3,(H,16,17). The molecule has 0 aromatic rings. The molecule has 1 aliphatic carbocycles. The maximum absolute atomic E-state index is 11.7. The van der Waals surface area contributed by atoms with Crippen LogP contribution in [0.5, 0.6) is 0 Å². The van der Waals surface area contributed by atoms with Crippen LogP contribution in [0.25, 0.3) is 0 Å². The zero-order valence-electron chi connectivity index (χ0n) is 11.6. The van der Waals surface area contributed by atoms with Gasteiger partial charge in [-0.15, -0.1) is 0 Å². The van der Waals surface area contributed by atoms with E-state index in [0.717, 1.165) is 12.8 Å². The molecule has 0 bridgehead atoms. The highest BCUT2D eigenvalue weighted by atomic mass is 16.1. The van der Waals surface area contributed by atoms with Crippen molar-refractivity contribution >= 4 is 5.91 Å². The number of nitrogens with one attached hydrogen (secondary N) is 2. The van der Waals surface area contributed by atoms with Crippen molar-refractivity contribution in [1.29, 1.82) is 0 Å². The Bertz CT molecular complexity index is 230. The number of carbonyl (C=O) groups is 1. The molecule has 0 aliphatic heterocycles. The lowest BCUT2D eigenvalue weighted by molar-refractivity contribution is -0.121. The van der Waals surface area contributed by atoms with Crippen LogP contribution < -0.4 is 10.6 Å². The van der Waals surface area contributed by atoms with E-state index in [0.29, 0.717) is 24.5 Å². The van der Waals surface area contributed by atoms with Crippen molar-refractivity contribution in [2.75, 3.05) is 6.54 Å². The molecule has 3 atom stereocenters. The van der Waals surface area contributed by atoms with Gasteiger partial charge in [-0.05, 0) is 32.1 Å². The minimum absolute atomic E-state index is 0.142. The van der Waals surface area contributed by atoms with E-state index in [1.54, 1.807) is 0 Å². The van der Waals surface area contributed by atoms with E-state index in [2.05, 4.69) is 31.4 Å². The highest BCUT2D eigenvalue weighted by Gasteiger charge is 2.21. The van der Waals surface area contributed by atoms with Crippen LogP contribution in [0.1, 0.15) is 59.3 Å². The molecule has 2 N–H and O–H groups in total. The quantitative estimate of drug-likeness (QED) is 0.749. The van der Waals surface area contributed by atoms with Crippen LogP contribution in [0.15, 0.2) is 0 Å². The van der Waals surface area contributed by atoms with E-state index < -0.39 is 0 Å². The molecule has 0 radical (unpaired) electrons. The van der Waals surface area contributed by atoms with Crippen molar-refractivity contribution in [3.63, 3.8) is 0 Å². The van der Waals surface area contributed by atoms with Crippen molar-refractivity contribution in [2.45, 2.75) is 71.4 Å². The van der Waals surface area contributed by atoms with Gasteiger partial charge in [-0.1, -0.05) is 33.1 Å². The predicted octanol–water partition coefficient (Wildman–Crippen LogP) is 2.46. The van der Waals surface area contributed by atoms with Gasteiger partial charge in [0.25, 0.3) is 0 Å². The van der Waals surface area contributed by atoms with Crippen molar-refractivity contribution in [3.8, 4) is 0 Å². The maximum Gasteiger partial charge on any atom is 0.234 e. The van der Waals surface area contributed by atoms with Gasteiger partial charge in [-0.25, -0.2) is 0 Å². The molecular weight excluding hydrogens is 212 g/mol. The van der Waals surface area contributed by atoms with Gasteiger partial charge in [0.05, 0.1) is 6.54 Å². The van der Waals surface area contributed by atoms with Gasteiger partial charge in [0, 0.05) is 12.1 Å². The molecule has 1 amide bonds. The number of carbonyl (C=O) groups excluding carboxylic acids is 1. The van der Waals surface area contributed by atoms with Crippen LogP contribution in [0.4, 0.5) is 0 Å². The summed E-state index contributed by atoms with van der Waals surface area (Å²) in [5.41, 5.74) is 0. The molecule has 1 rings (SSSR count). The minimum atomic E-state index is 0.142. The molecule has 100 valence electrons. The summed E-state index contributed by atoms with van der Waals surface area (Å²) >= 11 is 0. The van der Waals surface area contributed by atoms with E-state index in [1.807, 2.05) is 0 Å². The molecule has 3 unspecified atom stereocenters. The van der Waals surface area contributed by atoms with E-state index in [1.165, 1.54) is 25.7 Å². The lowest BCUT2D eigenvalue weighted by atomic mass is 9.86. The fourth-order valence-corrected chi connectivity index (χ4v) is 2.67. The first-order valence-corrected chi connectivity index (χ1v) is 7.16. The largest absolute Gasteiger partial charge is 0.353 e. The third-order valence-corrected chi connectivity index (χ3v) is 3.77. The average molecular weight is 240 g/mol. The Hall–Kier alpha value is -0.570. The summed E-state index contributed by atoms with van der Waals surface area (Å²) in [6.45, 7) is 6.98. The zero-order valence-corrected chi connectivity index (χ0v) is 11.6. The molecule has 3 heteroatoms. The first-order chi connectivity index (χ1) is 8.13. The van der Waals surface area contributed by atoms with Gasteiger partial charge in [0.1, 0.15) is 0 Å². The first-order valence-electron chi connectivity index (χ1n) is 7.16. The molecule has 1 aliphatic rings. The lowest BCUT2D eigenvalue weighted by Crippen LogP contribution is -2.45. The summed E-state index contributed by atoms with van der Waals surface area (Å²) in [5.74, 6) is 0.855. The van der Waals surface area contributed by atoms with Crippen molar-refractivity contribution in [3.05, 3.63) is 0 Å². The Morgan fingerprint density at radius 3 is 2.71 bits per heavy atom. The third kappa shape index (κ3) is 5.53. The monoisotopic (exact) mass is 240 g/mol. The third-order valence-electron chi connectivity index (χ3n) is 3.77. The summed E-state index contributed by atoms with van der Waals surface area (Å²) in [7, 11) is 0. The molecule has 1 fully saturated rings. The van der Waals surface area contributed by atoms with Crippen LogP contribution in [-0.4, -0.2) is 24.5 Å². The van der Waals surface area contributed by atoms with Crippen LogP contribution in [-0.2, 0) is 4.79 Å². The second-order valence-corrected chi connectivity index (χ2v) is 5.51. The highest BCUT2D eigenvalue weighted by molar-refractivity contribution is 5.78. The molecular formula is C14H28N2O. The van der Waals surface area contributed by atoms with Gasteiger partial charge in [-0.3, -0.25) is 4.79 Å². The smallest absolute Gasteiger partial charge is 0.234 e. The molecule has 17 heavy (non-hydrogen) atoms. The Kier molecular flexibility index (Phi) is 6.56. The van der Waals surface area contributed by atoms with Crippen LogP contribution in [0.2, 0.25) is 0 Å². The van der Waals surface area contributed by atoms with Crippen LogP contribution >= 0.6 is 0 Å². The molecule has 0 heterocycles. The van der Waals surface area contributed by atoms with Gasteiger partial charge < -0.3 is 10.6 Å². The second-order valence-electron chi connectivity index (χ2n) is 5.51. The molecule has 1 saturated carbocycles. The minimum Gasteiger partial charge on any atom is -0.353 e. The number of hydrogen-bond donors (Lipinski definition) is 2. The van der Waals surface area contributed by atoms with Gasteiger partial charge in [-0.2, -0.15) is 0 Å². The normalized spacial score (nSPS) is 26.5. The van der Waals surface area contributed by atoms with Gasteiger partial charge in [0.2, 0.25) is 5.91 Å². The molecule has 0 spiro atoms. The van der Waals surface area contributed by atoms with E-state index in [-0.39, 0.29) is 5.91 Å². The summed E-state index contributed by atoms with van der Waals surface area (Å²) in [5, 5.41) is 6.44. The Labute approximate surface area is 106 Å². The Morgan fingerprint density at radius 1 is 1.35 bits per heavy atom. The summed E-state index contributed by atoms with van der Waals surface area (Å²) in [6, 6.07) is 0.842. The van der Waals surface area contributed by atoms with Crippen molar-refractivity contribution in [2.24, 2.45) is 5.92 Å². The number of rotatable bonds is 6. The Balaban J connectivity index is 2.18. The highest BCUT2D eigenvalue weighted by Crippen LogP contribution is 2.23. The lowest BCUT2D eigenvalue weighted by Gasteiger charge is -2.29. The first kappa shape index (κ1) is 14.5. The second kappa shape index (κ2) is 7.70. The van der Waals surface area contributed by atoms with E-state index in [4.69, 9.17) is 0 Å². The van der Waals surface area contributed by atoms with E-state index in [9.17, 15) is 4.79 Å². The fourth-order valence-electron chi connectivity index (χ4n) is 2.67. The summed E-state index contributed by atoms with van der Waals surface area (Å²) < 4.78 is 0.